The van der Waals surface area contributed by atoms with Gasteiger partial charge in [0.1, 0.15) is 0 Å². The van der Waals surface area contributed by atoms with Crippen molar-refractivity contribution in [1.82, 2.24) is 4.31 Å². The monoisotopic (exact) mass is 279 g/mol. The lowest BCUT2D eigenvalue weighted by atomic mass is 10.4. The number of hydrogen-bond donors (Lipinski definition) is 0. The van der Waals surface area contributed by atoms with Crippen molar-refractivity contribution in [2.24, 2.45) is 0 Å². The van der Waals surface area contributed by atoms with Gasteiger partial charge in [0.05, 0.1) is 14.9 Å². The lowest BCUT2D eigenvalue weighted by Crippen LogP contribution is -2.27. The molecule has 1 aliphatic heterocycles. The average Bonchev–Trinajstić information content (AvgIpc) is 2.75. The van der Waals surface area contributed by atoms with Crippen LogP contribution in [0.15, 0.2) is 23.1 Å². The largest absolute Gasteiger partial charge is 0.243 e. The van der Waals surface area contributed by atoms with Gasteiger partial charge in [-0.2, -0.15) is 4.31 Å². The number of halogens is 2. The summed E-state index contributed by atoms with van der Waals surface area (Å²) in [7, 11) is -3.39. The number of nitrogens with zero attached hydrogens (tertiary/aromatic N) is 1. The van der Waals surface area contributed by atoms with Crippen LogP contribution in [0.25, 0.3) is 0 Å². The van der Waals surface area contributed by atoms with Crippen molar-refractivity contribution in [3.63, 3.8) is 0 Å². The fourth-order valence-electron chi connectivity index (χ4n) is 1.71. The van der Waals surface area contributed by atoms with Crippen LogP contribution in [0.5, 0.6) is 0 Å². The predicted octanol–water partition coefficient (Wildman–Crippen LogP) is 2.78. The van der Waals surface area contributed by atoms with Crippen LogP contribution in [0, 0.1) is 0 Å². The lowest BCUT2D eigenvalue weighted by molar-refractivity contribution is 0.477. The molecule has 0 amide bonds. The van der Waals surface area contributed by atoms with Gasteiger partial charge in [0.2, 0.25) is 10.0 Å². The minimum atomic E-state index is -3.39. The maximum absolute atomic E-state index is 12.1. The van der Waals surface area contributed by atoms with Crippen LogP contribution in [0.4, 0.5) is 0 Å². The summed E-state index contributed by atoms with van der Waals surface area (Å²) in [5, 5.41) is 0.629. The maximum Gasteiger partial charge on any atom is 0.243 e. The normalized spacial score (nSPS) is 17.9. The SMILES string of the molecule is O=S(=O)(c1ccc(Cl)c(Cl)c1)N1CCCC1. The van der Waals surface area contributed by atoms with Gasteiger partial charge in [-0.25, -0.2) is 8.42 Å². The molecule has 0 atom stereocenters. The zero-order valence-corrected chi connectivity index (χ0v) is 10.8. The summed E-state index contributed by atoms with van der Waals surface area (Å²) in [5.41, 5.74) is 0. The first kappa shape index (κ1) is 12.2. The molecule has 16 heavy (non-hydrogen) atoms. The van der Waals surface area contributed by atoms with Crippen LogP contribution in [-0.2, 0) is 10.0 Å². The molecule has 1 fully saturated rings. The highest BCUT2D eigenvalue weighted by Gasteiger charge is 2.27. The summed E-state index contributed by atoms with van der Waals surface area (Å²) in [6.07, 6.45) is 1.83. The zero-order chi connectivity index (χ0) is 11.8. The van der Waals surface area contributed by atoms with Gasteiger partial charge in [-0.1, -0.05) is 23.2 Å². The van der Waals surface area contributed by atoms with Gasteiger partial charge in [-0.05, 0) is 31.0 Å². The van der Waals surface area contributed by atoms with Gasteiger partial charge in [0.15, 0.2) is 0 Å². The fourth-order valence-corrected chi connectivity index (χ4v) is 3.62. The molecule has 0 radical (unpaired) electrons. The Balaban J connectivity index is 2.39. The van der Waals surface area contributed by atoms with Crippen LogP contribution in [0.1, 0.15) is 12.8 Å². The highest BCUT2D eigenvalue weighted by Crippen LogP contribution is 2.27. The van der Waals surface area contributed by atoms with E-state index in [9.17, 15) is 8.42 Å². The highest BCUT2D eigenvalue weighted by atomic mass is 35.5. The molecule has 6 heteroatoms. The summed E-state index contributed by atoms with van der Waals surface area (Å²) >= 11 is 11.6. The van der Waals surface area contributed by atoms with E-state index in [-0.39, 0.29) is 9.92 Å². The minimum absolute atomic E-state index is 0.212. The quantitative estimate of drug-likeness (QED) is 0.835. The van der Waals surface area contributed by atoms with Crippen LogP contribution in [0.2, 0.25) is 10.0 Å². The maximum atomic E-state index is 12.1. The van der Waals surface area contributed by atoms with Crippen molar-refractivity contribution in [2.75, 3.05) is 13.1 Å². The first-order valence-corrected chi connectivity index (χ1v) is 7.16. The third kappa shape index (κ3) is 2.20. The molecule has 1 saturated heterocycles. The van der Waals surface area contributed by atoms with Crippen LogP contribution in [0.3, 0.4) is 0 Å². The smallest absolute Gasteiger partial charge is 0.207 e. The number of hydrogen-bond acceptors (Lipinski definition) is 2. The fraction of sp³-hybridized carbons (Fsp3) is 0.400. The molecule has 2 rings (SSSR count). The molecule has 0 aromatic heterocycles. The van der Waals surface area contributed by atoms with E-state index < -0.39 is 10.0 Å². The van der Waals surface area contributed by atoms with E-state index in [1.807, 2.05) is 0 Å². The Morgan fingerprint density at radius 1 is 1.06 bits per heavy atom. The molecule has 0 N–H and O–H groups in total. The number of benzene rings is 1. The zero-order valence-electron chi connectivity index (χ0n) is 8.49. The van der Waals surface area contributed by atoms with Crippen molar-refractivity contribution in [3.05, 3.63) is 28.2 Å². The summed E-state index contributed by atoms with van der Waals surface area (Å²) < 4.78 is 25.7. The third-order valence-electron chi connectivity index (χ3n) is 2.59. The standard InChI is InChI=1S/C10H11Cl2NO2S/c11-9-4-3-8(7-10(9)12)16(14,15)13-5-1-2-6-13/h3-4,7H,1-2,5-6H2. The van der Waals surface area contributed by atoms with Crippen LogP contribution < -0.4 is 0 Å². The Morgan fingerprint density at radius 3 is 2.25 bits per heavy atom. The van der Waals surface area contributed by atoms with Crippen LogP contribution in [-0.4, -0.2) is 25.8 Å². The van der Waals surface area contributed by atoms with Gasteiger partial charge in [-0.15, -0.1) is 0 Å². The second-order valence-corrected chi connectivity index (χ2v) is 6.44. The van der Waals surface area contributed by atoms with E-state index in [2.05, 4.69) is 0 Å². The summed E-state index contributed by atoms with van der Waals surface area (Å²) in [6.45, 7) is 1.17. The highest BCUT2D eigenvalue weighted by molar-refractivity contribution is 7.89. The molecular formula is C10H11Cl2NO2S. The molecule has 0 bridgehead atoms. The van der Waals surface area contributed by atoms with Gasteiger partial charge in [0.25, 0.3) is 0 Å². The van der Waals surface area contributed by atoms with E-state index in [0.717, 1.165) is 12.8 Å². The second-order valence-electron chi connectivity index (χ2n) is 3.69. The first-order valence-electron chi connectivity index (χ1n) is 4.97. The van der Waals surface area contributed by atoms with Crippen molar-refractivity contribution >= 4 is 33.2 Å². The molecule has 1 aromatic carbocycles. The molecule has 1 heterocycles. The summed E-state index contributed by atoms with van der Waals surface area (Å²) in [4.78, 5) is 0.212. The molecule has 88 valence electrons. The van der Waals surface area contributed by atoms with E-state index >= 15 is 0 Å². The van der Waals surface area contributed by atoms with Gasteiger partial charge >= 0.3 is 0 Å². The minimum Gasteiger partial charge on any atom is -0.207 e. The van der Waals surface area contributed by atoms with E-state index in [1.165, 1.54) is 22.5 Å². The molecular weight excluding hydrogens is 269 g/mol. The molecule has 1 aromatic rings. The molecule has 0 unspecified atom stereocenters. The molecule has 0 aliphatic carbocycles. The van der Waals surface area contributed by atoms with Gasteiger partial charge in [-0.3, -0.25) is 0 Å². The Hall–Kier alpha value is -0.290. The van der Waals surface area contributed by atoms with Crippen molar-refractivity contribution in [3.8, 4) is 0 Å². The molecule has 0 spiro atoms. The van der Waals surface area contributed by atoms with Crippen molar-refractivity contribution in [2.45, 2.75) is 17.7 Å². The summed E-state index contributed by atoms with van der Waals surface area (Å²) in [5.74, 6) is 0. The molecule has 1 aliphatic rings. The Morgan fingerprint density at radius 2 is 1.69 bits per heavy atom. The number of sulfonamides is 1. The van der Waals surface area contributed by atoms with Crippen molar-refractivity contribution < 1.29 is 8.42 Å². The number of rotatable bonds is 2. The molecule has 3 nitrogen and oxygen atoms in total. The predicted molar refractivity (Wildman–Crippen MR) is 64.5 cm³/mol. The Bertz CT molecular complexity index is 496. The Kier molecular flexibility index (Phi) is 3.45. The van der Waals surface area contributed by atoms with Gasteiger partial charge in [0, 0.05) is 13.1 Å². The Labute approximate surface area is 105 Å². The van der Waals surface area contributed by atoms with Crippen LogP contribution >= 0.6 is 23.2 Å². The van der Waals surface area contributed by atoms with E-state index in [4.69, 9.17) is 23.2 Å². The summed E-state index contributed by atoms with van der Waals surface area (Å²) in [6, 6.07) is 4.40. The van der Waals surface area contributed by atoms with Crippen molar-refractivity contribution in [1.29, 1.82) is 0 Å². The average molecular weight is 280 g/mol. The second kappa shape index (κ2) is 4.53. The van der Waals surface area contributed by atoms with E-state index in [1.54, 1.807) is 0 Å². The lowest BCUT2D eigenvalue weighted by Gasteiger charge is -2.15. The molecule has 0 saturated carbocycles. The first-order chi connectivity index (χ1) is 7.51. The topological polar surface area (TPSA) is 37.4 Å². The van der Waals surface area contributed by atoms with E-state index in [0.29, 0.717) is 18.1 Å². The van der Waals surface area contributed by atoms with Gasteiger partial charge < -0.3 is 0 Å². The third-order valence-corrected chi connectivity index (χ3v) is 5.23.